The molecule has 1 unspecified atom stereocenters. The maximum atomic E-state index is 11.8. The highest BCUT2D eigenvalue weighted by Gasteiger charge is 2.15. The average Bonchev–Trinajstić information content (AvgIpc) is 2.94. The third-order valence-electron chi connectivity index (χ3n) is 3.72. The molecule has 4 nitrogen and oxygen atoms in total. The molecule has 1 atom stereocenters. The van der Waals surface area contributed by atoms with Crippen molar-refractivity contribution in [1.29, 1.82) is 0 Å². The van der Waals surface area contributed by atoms with Crippen LogP contribution in [0.5, 0.6) is 0 Å². The Labute approximate surface area is 115 Å². The van der Waals surface area contributed by atoms with Crippen LogP contribution in [0, 0.1) is 6.92 Å². The Bertz CT molecular complexity index is 453. The van der Waals surface area contributed by atoms with Gasteiger partial charge in [0.1, 0.15) is 0 Å². The number of hydrogen-bond acceptors (Lipinski definition) is 3. The summed E-state index contributed by atoms with van der Waals surface area (Å²) < 4.78 is 0. The summed E-state index contributed by atoms with van der Waals surface area (Å²) >= 11 is 0. The molecule has 0 spiro atoms. The minimum atomic E-state index is -0.433. The average molecular weight is 261 g/mol. The van der Waals surface area contributed by atoms with E-state index < -0.39 is 6.04 Å². The van der Waals surface area contributed by atoms with E-state index in [0.29, 0.717) is 6.42 Å². The van der Waals surface area contributed by atoms with Crippen molar-refractivity contribution in [2.45, 2.75) is 39.2 Å². The van der Waals surface area contributed by atoms with Crippen LogP contribution in [0.3, 0.4) is 0 Å². The first-order chi connectivity index (χ1) is 9.11. The van der Waals surface area contributed by atoms with E-state index in [2.05, 4.69) is 22.3 Å². The van der Waals surface area contributed by atoms with E-state index >= 15 is 0 Å². The van der Waals surface area contributed by atoms with Crippen LogP contribution in [0.25, 0.3) is 0 Å². The molecular weight excluding hydrogens is 238 g/mol. The Morgan fingerprint density at radius 1 is 1.42 bits per heavy atom. The Morgan fingerprint density at radius 3 is 2.68 bits per heavy atom. The van der Waals surface area contributed by atoms with Crippen molar-refractivity contribution >= 4 is 17.3 Å². The predicted octanol–water partition coefficient (Wildman–Crippen LogP) is 2.27. The number of rotatable bonds is 4. The van der Waals surface area contributed by atoms with Crippen molar-refractivity contribution in [2.75, 3.05) is 23.3 Å². The second-order valence-corrected chi connectivity index (χ2v) is 5.20. The van der Waals surface area contributed by atoms with Crippen molar-refractivity contribution in [2.24, 2.45) is 5.73 Å². The largest absolute Gasteiger partial charge is 0.372 e. The zero-order chi connectivity index (χ0) is 13.8. The first kappa shape index (κ1) is 13.9. The number of nitrogens with two attached hydrogens (primary N) is 1. The third-order valence-corrected chi connectivity index (χ3v) is 3.72. The molecule has 104 valence electrons. The van der Waals surface area contributed by atoms with Gasteiger partial charge in [-0.25, -0.2) is 0 Å². The summed E-state index contributed by atoms with van der Waals surface area (Å²) in [4.78, 5) is 14.2. The number of hydrogen-bond donors (Lipinski definition) is 2. The van der Waals surface area contributed by atoms with Gasteiger partial charge in [-0.3, -0.25) is 4.79 Å². The number of carbonyl (C=O) groups excluding carboxylic acids is 1. The standard InChI is InChI=1S/C15H23N3O/c1-3-13(16)15(19)17-14-7-6-12(10-11(14)2)18-8-4-5-9-18/h6-7,10,13H,3-5,8-9,16H2,1-2H3,(H,17,19). The van der Waals surface area contributed by atoms with Crippen LogP contribution in [0.4, 0.5) is 11.4 Å². The molecule has 2 rings (SSSR count). The van der Waals surface area contributed by atoms with E-state index in [1.165, 1.54) is 18.5 Å². The molecule has 1 fully saturated rings. The van der Waals surface area contributed by atoms with E-state index in [1.54, 1.807) is 0 Å². The number of anilines is 2. The van der Waals surface area contributed by atoms with Gasteiger partial charge in [0.25, 0.3) is 0 Å². The van der Waals surface area contributed by atoms with Crippen LogP contribution < -0.4 is 16.0 Å². The fourth-order valence-corrected chi connectivity index (χ4v) is 2.37. The molecule has 1 heterocycles. The van der Waals surface area contributed by atoms with E-state index in [4.69, 9.17) is 5.73 Å². The van der Waals surface area contributed by atoms with Crippen molar-refractivity contribution in [3.05, 3.63) is 23.8 Å². The van der Waals surface area contributed by atoms with Gasteiger partial charge in [-0.15, -0.1) is 0 Å². The SMILES string of the molecule is CCC(N)C(=O)Nc1ccc(N2CCCC2)cc1C. The molecule has 0 saturated carbocycles. The highest BCUT2D eigenvalue weighted by Crippen LogP contribution is 2.25. The van der Waals surface area contributed by atoms with Gasteiger partial charge in [0, 0.05) is 24.5 Å². The van der Waals surface area contributed by atoms with Gasteiger partial charge in [-0.1, -0.05) is 6.92 Å². The number of aryl methyl sites for hydroxylation is 1. The lowest BCUT2D eigenvalue weighted by atomic mass is 10.1. The first-order valence-corrected chi connectivity index (χ1v) is 7.04. The van der Waals surface area contributed by atoms with Gasteiger partial charge in [-0.2, -0.15) is 0 Å². The summed E-state index contributed by atoms with van der Waals surface area (Å²) in [5.74, 6) is -0.112. The maximum absolute atomic E-state index is 11.8. The summed E-state index contributed by atoms with van der Waals surface area (Å²) in [5.41, 5.74) is 8.91. The molecule has 0 radical (unpaired) electrons. The molecule has 1 saturated heterocycles. The van der Waals surface area contributed by atoms with Gasteiger partial charge in [0.05, 0.1) is 6.04 Å². The molecule has 1 aromatic carbocycles. The molecule has 4 heteroatoms. The van der Waals surface area contributed by atoms with Gasteiger partial charge in [0.15, 0.2) is 0 Å². The van der Waals surface area contributed by atoms with Gasteiger partial charge >= 0.3 is 0 Å². The third kappa shape index (κ3) is 3.26. The van der Waals surface area contributed by atoms with Gasteiger partial charge in [-0.05, 0) is 49.9 Å². The zero-order valence-corrected chi connectivity index (χ0v) is 11.8. The maximum Gasteiger partial charge on any atom is 0.241 e. The quantitative estimate of drug-likeness (QED) is 0.874. The number of benzene rings is 1. The molecule has 1 aromatic rings. The lowest BCUT2D eigenvalue weighted by Crippen LogP contribution is -2.35. The topological polar surface area (TPSA) is 58.4 Å². The van der Waals surface area contributed by atoms with E-state index in [0.717, 1.165) is 24.3 Å². The Hall–Kier alpha value is -1.55. The van der Waals surface area contributed by atoms with E-state index in [1.807, 2.05) is 19.9 Å². The highest BCUT2D eigenvalue weighted by molar-refractivity contribution is 5.95. The van der Waals surface area contributed by atoms with Crippen LogP contribution in [-0.2, 0) is 4.79 Å². The van der Waals surface area contributed by atoms with E-state index in [-0.39, 0.29) is 5.91 Å². The first-order valence-electron chi connectivity index (χ1n) is 7.04. The number of nitrogens with one attached hydrogen (secondary N) is 1. The minimum absolute atomic E-state index is 0.112. The molecule has 0 aliphatic carbocycles. The van der Waals surface area contributed by atoms with Gasteiger partial charge in [0.2, 0.25) is 5.91 Å². The summed E-state index contributed by atoms with van der Waals surface area (Å²) in [6.45, 7) is 6.19. The summed E-state index contributed by atoms with van der Waals surface area (Å²) in [6, 6.07) is 5.75. The molecule has 19 heavy (non-hydrogen) atoms. The van der Waals surface area contributed by atoms with Crippen LogP contribution in [-0.4, -0.2) is 25.0 Å². The fourth-order valence-electron chi connectivity index (χ4n) is 2.37. The summed E-state index contributed by atoms with van der Waals surface area (Å²) in [7, 11) is 0. The molecule has 1 aliphatic heterocycles. The summed E-state index contributed by atoms with van der Waals surface area (Å²) in [5, 5.41) is 2.90. The number of nitrogens with zero attached hydrogens (tertiary/aromatic N) is 1. The molecule has 1 amide bonds. The molecular formula is C15H23N3O. The van der Waals surface area contributed by atoms with Crippen LogP contribution in [0.2, 0.25) is 0 Å². The van der Waals surface area contributed by atoms with Crippen LogP contribution >= 0.6 is 0 Å². The Balaban J connectivity index is 2.08. The number of carbonyl (C=O) groups is 1. The Morgan fingerprint density at radius 2 is 2.11 bits per heavy atom. The van der Waals surface area contributed by atoms with Crippen molar-refractivity contribution in [1.82, 2.24) is 0 Å². The Kier molecular flexibility index (Phi) is 4.43. The lowest BCUT2D eigenvalue weighted by Gasteiger charge is -2.19. The van der Waals surface area contributed by atoms with E-state index in [9.17, 15) is 4.79 Å². The second kappa shape index (κ2) is 6.06. The smallest absolute Gasteiger partial charge is 0.241 e. The van der Waals surface area contributed by atoms with Gasteiger partial charge < -0.3 is 16.0 Å². The normalized spacial score (nSPS) is 16.5. The van der Waals surface area contributed by atoms with Crippen molar-refractivity contribution < 1.29 is 4.79 Å². The lowest BCUT2D eigenvalue weighted by molar-refractivity contribution is -0.117. The van der Waals surface area contributed by atoms with Crippen molar-refractivity contribution in [3.63, 3.8) is 0 Å². The van der Waals surface area contributed by atoms with Crippen molar-refractivity contribution in [3.8, 4) is 0 Å². The zero-order valence-electron chi connectivity index (χ0n) is 11.8. The second-order valence-electron chi connectivity index (χ2n) is 5.20. The monoisotopic (exact) mass is 261 g/mol. The summed E-state index contributed by atoms with van der Waals surface area (Å²) in [6.07, 6.45) is 3.18. The molecule has 1 aliphatic rings. The fraction of sp³-hybridized carbons (Fsp3) is 0.533. The highest BCUT2D eigenvalue weighted by atomic mass is 16.2. The molecule has 3 N–H and O–H groups in total. The van der Waals surface area contributed by atoms with Crippen LogP contribution in [0.1, 0.15) is 31.7 Å². The number of amides is 1. The minimum Gasteiger partial charge on any atom is -0.372 e. The van der Waals surface area contributed by atoms with Crippen LogP contribution in [0.15, 0.2) is 18.2 Å². The predicted molar refractivity (Wildman–Crippen MR) is 79.5 cm³/mol. The molecule has 0 bridgehead atoms. The molecule has 0 aromatic heterocycles.